The van der Waals surface area contributed by atoms with E-state index in [0.717, 1.165) is 22.3 Å². The number of hydrogen-bond donors (Lipinski definition) is 2. The maximum atomic E-state index is 13.9. The molecule has 0 bridgehead atoms. The normalized spacial score (nSPS) is 24.7. The van der Waals surface area contributed by atoms with Crippen LogP contribution in [-0.2, 0) is 50.8 Å². The number of aryl methyl sites for hydroxylation is 1. The summed E-state index contributed by atoms with van der Waals surface area (Å²) in [6.07, 6.45) is 1.29. The number of amides is 2. The van der Waals surface area contributed by atoms with Gasteiger partial charge in [-0.15, -0.1) is 0 Å². The fourth-order valence-corrected chi connectivity index (χ4v) is 13.9. The molecule has 4 rings (SSSR count). The summed E-state index contributed by atoms with van der Waals surface area (Å²) in [4.78, 5) is 54.4. The lowest BCUT2D eigenvalue weighted by Crippen LogP contribution is -2.51. The van der Waals surface area contributed by atoms with E-state index in [2.05, 4.69) is 76.4 Å². The molecule has 0 aromatic heterocycles. The molecule has 1 fully saturated rings. The van der Waals surface area contributed by atoms with Gasteiger partial charge in [0.15, 0.2) is 6.10 Å². The third-order valence-electron chi connectivity index (χ3n) is 11.8. The number of carbonyl (C=O) groups excluding carboxylic acids is 4. The first-order chi connectivity index (χ1) is 27.2. The second-order valence-corrected chi connectivity index (χ2v) is 24.2. The molecular formula is C46H67ClN2O8Si. The average molecular weight is 840 g/mol. The maximum absolute atomic E-state index is 13.9. The van der Waals surface area contributed by atoms with Crippen molar-refractivity contribution in [3.63, 3.8) is 0 Å². The standard InChI is InChI=1S/C46H67ClN2O8Si/c1-27(2)22-39-44(52)55-38(32(10)41-42(57-41)35-20-18-33(19-21-35)25-54-58(28(3)4,29(5)6)30(7)8)14-13-15-40(50)49-37(24-34-17-16-31(9)36(47)23-34)43(51)48-26-46(11,12)45(53)56-39/h13,15-21,23,27-30,32,37-39,41-42H,14,22,24-26H2,1-12H3,(H,48,51)(H,49,50)/b15-13+. The lowest BCUT2D eigenvalue weighted by atomic mass is 9.92. The minimum Gasteiger partial charge on any atom is -0.459 e. The zero-order chi connectivity index (χ0) is 43.1. The lowest BCUT2D eigenvalue weighted by Gasteiger charge is -2.42. The van der Waals surface area contributed by atoms with Crippen LogP contribution in [-0.4, -0.2) is 63.0 Å². The molecule has 2 N–H and O–H groups in total. The molecule has 6 atom stereocenters. The maximum Gasteiger partial charge on any atom is 0.347 e. The quantitative estimate of drug-likeness (QED) is 0.116. The number of hydrogen-bond acceptors (Lipinski definition) is 8. The minimum absolute atomic E-state index is 0.0127. The van der Waals surface area contributed by atoms with Crippen molar-refractivity contribution < 1.29 is 37.8 Å². The molecule has 0 aliphatic carbocycles. The molecule has 2 aliphatic rings. The third-order valence-corrected chi connectivity index (χ3v) is 18.3. The number of cyclic esters (lactones) is 2. The number of esters is 2. The van der Waals surface area contributed by atoms with Crippen LogP contribution >= 0.6 is 11.6 Å². The molecular weight excluding hydrogens is 772 g/mol. The summed E-state index contributed by atoms with van der Waals surface area (Å²) in [6, 6.07) is 12.9. The monoisotopic (exact) mass is 838 g/mol. The number of carbonyl (C=O) groups is 4. The van der Waals surface area contributed by atoms with E-state index in [0.29, 0.717) is 28.3 Å². The predicted octanol–water partition coefficient (Wildman–Crippen LogP) is 9.12. The van der Waals surface area contributed by atoms with Crippen LogP contribution < -0.4 is 10.6 Å². The highest BCUT2D eigenvalue weighted by Crippen LogP contribution is 2.46. The SMILES string of the molecule is Cc1ccc(CC2NC(=O)/C=C/CC(C(C)C3OC3c3ccc(CO[Si](C(C)C)(C(C)C)C(C)C)cc3)OC(=O)C(CC(C)C)OC(=O)C(C)(C)CNC2=O)cc1Cl. The van der Waals surface area contributed by atoms with Gasteiger partial charge in [0.05, 0.1) is 18.1 Å². The molecule has 2 aromatic carbocycles. The summed E-state index contributed by atoms with van der Waals surface area (Å²) in [5.41, 5.74) is 4.07. The molecule has 2 heterocycles. The first kappa shape index (κ1) is 47.2. The van der Waals surface area contributed by atoms with Gasteiger partial charge in [-0.3, -0.25) is 14.4 Å². The molecule has 2 aromatic rings. The van der Waals surface area contributed by atoms with E-state index in [9.17, 15) is 19.2 Å². The van der Waals surface area contributed by atoms with Gasteiger partial charge in [-0.05, 0) is 84.1 Å². The summed E-state index contributed by atoms with van der Waals surface area (Å²) in [7, 11) is -2.02. The van der Waals surface area contributed by atoms with Gasteiger partial charge in [0.1, 0.15) is 18.2 Å². The summed E-state index contributed by atoms with van der Waals surface area (Å²) >= 11 is 6.38. The second-order valence-electron chi connectivity index (χ2n) is 18.3. The molecule has 10 nitrogen and oxygen atoms in total. The number of benzene rings is 2. The Morgan fingerprint density at radius 2 is 1.50 bits per heavy atom. The van der Waals surface area contributed by atoms with Gasteiger partial charge in [-0.2, -0.15) is 0 Å². The van der Waals surface area contributed by atoms with Crippen molar-refractivity contribution in [2.24, 2.45) is 17.3 Å². The Morgan fingerprint density at radius 1 is 0.879 bits per heavy atom. The summed E-state index contributed by atoms with van der Waals surface area (Å²) in [5.74, 6) is -2.54. The van der Waals surface area contributed by atoms with Crippen LogP contribution in [0.3, 0.4) is 0 Å². The van der Waals surface area contributed by atoms with Crippen LogP contribution in [0.4, 0.5) is 0 Å². The van der Waals surface area contributed by atoms with Crippen molar-refractivity contribution in [1.29, 1.82) is 0 Å². The van der Waals surface area contributed by atoms with Crippen molar-refractivity contribution in [3.8, 4) is 0 Å². The van der Waals surface area contributed by atoms with E-state index in [-0.39, 0.29) is 49.9 Å². The first-order valence-electron chi connectivity index (χ1n) is 21.0. The Kier molecular flexibility index (Phi) is 16.4. The van der Waals surface area contributed by atoms with Gasteiger partial charge in [0.25, 0.3) is 0 Å². The van der Waals surface area contributed by atoms with Gasteiger partial charge < -0.3 is 29.3 Å². The van der Waals surface area contributed by atoms with Gasteiger partial charge in [0.2, 0.25) is 20.1 Å². The van der Waals surface area contributed by atoms with Crippen molar-refractivity contribution in [2.75, 3.05) is 6.54 Å². The minimum atomic E-state index is -2.02. The van der Waals surface area contributed by atoms with Gasteiger partial charge in [-0.25, -0.2) is 4.79 Å². The smallest absolute Gasteiger partial charge is 0.347 e. The van der Waals surface area contributed by atoms with Crippen molar-refractivity contribution in [1.82, 2.24) is 10.6 Å². The number of halogens is 1. The summed E-state index contributed by atoms with van der Waals surface area (Å²) < 4.78 is 25.1. The Bertz CT molecular complexity index is 1750. The Morgan fingerprint density at radius 3 is 2.09 bits per heavy atom. The molecule has 1 saturated heterocycles. The third kappa shape index (κ3) is 12.0. The zero-order valence-electron chi connectivity index (χ0n) is 36.6. The van der Waals surface area contributed by atoms with Crippen LogP contribution in [0.2, 0.25) is 21.6 Å². The van der Waals surface area contributed by atoms with E-state index in [1.807, 2.05) is 39.8 Å². The fraction of sp³-hybridized carbons (Fsp3) is 0.609. The largest absolute Gasteiger partial charge is 0.459 e. The van der Waals surface area contributed by atoms with Crippen LogP contribution in [0.25, 0.3) is 0 Å². The summed E-state index contributed by atoms with van der Waals surface area (Å²) in [5, 5.41) is 6.18. The van der Waals surface area contributed by atoms with E-state index < -0.39 is 55.7 Å². The average Bonchev–Trinajstić information content (AvgIpc) is 3.95. The van der Waals surface area contributed by atoms with Crippen LogP contribution in [0.5, 0.6) is 0 Å². The molecule has 0 spiro atoms. The highest BCUT2D eigenvalue weighted by atomic mass is 35.5. The zero-order valence-corrected chi connectivity index (χ0v) is 38.4. The van der Waals surface area contributed by atoms with Gasteiger partial charge >= 0.3 is 11.9 Å². The molecule has 0 radical (unpaired) electrons. The summed E-state index contributed by atoms with van der Waals surface area (Å²) in [6.45, 7) is 25.2. The van der Waals surface area contributed by atoms with E-state index >= 15 is 0 Å². The van der Waals surface area contributed by atoms with Crippen molar-refractivity contribution in [2.45, 2.75) is 156 Å². The fourth-order valence-electron chi connectivity index (χ4n) is 8.26. The Labute approximate surface area is 352 Å². The van der Waals surface area contributed by atoms with Crippen molar-refractivity contribution in [3.05, 3.63) is 81.9 Å². The van der Waals surface area contributed by atoms with E-state index in [1.54, 1.807) is 26.0 Å². The molecule has 0 saturated carbocycles. The van der Waals surface area contributed by atoms with Crippen LogP contribution in [0.15, 0.2) is 54.6 Å². The van der Waals surface area contributed by atoms with Crippen molar-refractivity contribution >= 4 is 43.7 Å². The molecule has 12 heteroatoms. The van der Waals surface area contributed by atoms with E-state index in [4.69, 9.17) is 30.2 Å². The number of epoxide rings is 1. The number of rotatable bonds is 13. The number of nitrogens with one attached hydrogen (secondary N) is 2. The molecule has 58 heavy (non-hydrogen) atoms. The van der Waals surface area contributed by atoms with Crippen LogP contribution in [0.1, 0.15) is 117 Å². The molecule has 320 valence electrons. The highest BCUT2D eigenvalue weighted by Gasteiger charge is 2.48. The first-order valence-corrected chi connectivity index (χ1v) is 23.5. The molecule has 2 aliphatic heterocycles. The predicted molar refractivity (Wildman–Crippen MR) is 231 cm³/mol. The second kappa shape index (κ2) is 20.2. The topological polar surface area (TPSA) is 133 Å². The van der Waals surface area contributed by atoms with Crippen LogP contribution in [0, 0.1) is 24.2 Å². The lowest BCUT2D eigenvalue weighted by molar-refractivity contribution is -0.179. The highest BCUT2D eigenvalue weighted by molar-refractivity contribution is 6.77. The van der Waals surface area contributed by atoms with Gasteiger partial charge in [0, 0.05) is 30.3 Å². The van der Waals surface area contributed by atoms with Gasteiger partial charge in [-0.1, -0.05) is 116 Å². The molecule has 2 amide bonds. The number of ether oxygens (including phenoxy) is 3. The molecule has 6 unspecified atom stereocenters. The Hall–Kier alpha value is -3.51. The van der Waals surface area contributed by atoms with E-state index in [1.165, 1.54) is 6.08 Å². The Balaban J connectivity index is 1.56.